The molecule has 1 atom stereocenters. The fraction of sp³-hybridized carbons (Fsp3) is 0.269. The van der Waals surface area contributed by atoms with Crippen molar-refractivity contribution in [2.75, 3.05) is 27.0 Å². The first-order valence-electron chi connectivity index (χ1n) is 11.0. The van der Waals surface area contributed by atoms with E-state index in [0.717, 1.165) is 16.0 Å². The van der Waals surface area contributed by atoms with Crippen LogP contribution in [0.15, 0.2) is 82.6 Å². The van der Waals surface area contributed by atoms with Crippen molar-refractivity contribution < 1.29 is 22.7 Å². The Morgan fingerprint density at radius 3 is 2.23 bits per heavy atom. The number of methoxy groups -OCH3 is 2. The van der Waals surface area contributed by atoms with E-state index >= 15 is 0 Å². The van der Waals surface area contributed by atoms with Gasteiger partial charge in [-0.15, -0.1) is 11.8 Å². The first-order chi connectivity index (χ1) is 16.8. The Labute approximate surface area is 211 Å². The summed E-state index contributed by atoms with van der Waals surface area (Å²) in [4.78, 5) is 14.1. The van der Waals surface area contributed by atoms with Crippen molar-refractivity contribution in [1.29, 1.82) is 0 Å². The number of carbonyl (C=O) groups excluding carboxylic acids is 1. The standard InChI is InChI=1S/C26H30N2O5S2/c1-19(21-10-12-22(34-4)13-11-21)27-26(29)18-28(17-20-8-6-5-7-9-20)35(30,31)23-14-15-24(32-2)25(16-23)33-3/h5-16,19H,17-18H2,1-4H3,(H,27,29)/t19-/m0/s1. The number of benzene rings is 3. The SMILES string of the molecule is COc1ccc(S(=O)(=O)N(CC(=O)N[C@@H](C)c2ccc(SC)cc2)Cc2ccccc2)cc1OC. The van der Waals surface area contributed by atoms with Crippen molar-refractivity contribution in [3.8, 4) is 11.5 Å². The maximum absolute atomic E-state index is 13.6. The predicted octanol–water partition coefficient (Wildman–Crippen LogP) is 4.49. The first kappa shape index (κ1) is 26.6. The highest BCUT2D eigenvalue weighted by atomic mass is 32.2. The van der Waals surface area contributed by atoms with E-state index in [0.29, 0.717) is 11.5 Å². The third kappa shape index (κ3) is 6.78. The zero-order valence-corrected chi connectivity index (χ0v) is 21.9. The Bertz CT molecular complexity index is 1230. The van der Waals surface area contributed by atoms with Gasteiger partial charge >= 0.3 is 0 Å². The summed E-state index contributed by atoms with van der Waals surface area (Å²) >= 11 is 1.64. The van der Waals surface area contributed by atoms with Crippen LogP contribution in [0.3, 0.4) is 0 Å². The topological polar surface area (TPSA) is 84.9 Å². The van der Waals surface area contributed by atoms with Crippen molar-refractivity contribution in [1.82, 2.24) is 9.62 Å². The van der Waals surface area contributed by atoms with Crippen LogP contribution < -0.4 is 14.8 Å². The van der Waals surface area contributed by atoms with Crippen LogP contribution in [0.5, 0.6) is 11.5 Å². The smallest absolute Gasteiger partial charge is 0.243 e. The van der Waals surface area contributed by atoms with Gasteiger partial charge in [0.15, 0.2) is 11.5 Å². The van der Waals surface area contributed by atoms with Gasteiger partial charge in [-0.2, -0.15) is 4.31 Å². The van der Waals surface area contributed by atoms with Gasteiger partial charge < -0.3 is 14.8 Å². The molecule has 186 valence electrons. The third-order valence-corrected chi connectivity index (χ3v) is 8.04. The molecule has 0 aromatic heterocycles. The number of ether oxygens (including phenoxy) is 2. The Morgan fingerprint density at radius 2 is 1.63 bits per heavy atom. The lowest BCUT2D eigenvalue weighted by atomic mass is 10.1. The van der Waals surface area contributed by atoms with Crippen molar-refractivity contribution in [2.24, 2.45) is 0 Å². The molecule has 0 aliphatic rings. The van der Waals surface area contributed by atoms with Crippen LogP contribution in [0, 0.1) is 0 Å². The van der Waals surface area contributed by atoms with Gasteiger partial charge in [-0.1, -0.05) is 42.5 Å². The molecule has 0 saturated heterocycles. The van der Waals surface area contributed by atoms with Gasteiger partial charge in [0.1, 0.15) is 0 Å². The lowest BCUT2D eigenvalue weighted by Crippen LogP contribution is -2.41. The van der Waals surface area contributed by atoms with E-state index in [2.05, 4.69) is 5.32 Å². The van der Waals surface area contributed by atoms with Crippen molar-refractivity contribution in [3.05, 3.63) is 83.9 Å². The number of hydrogen-bond acceptors (Lipinski definition) is 6. The van der Waals surface area contributed by atoms with Gasteiger partial charge in [-0.05, 0) is 48.6 Å². The van der Waals surface area contributed by atoms with Gasteiger partial charge in [0.2, 0.25) is 15.9 Å². The average molecular weight is 515 g/mol. The molecule has 7 nitrogen and oxygen atoms in total. The van der Waals surface area contributed by atoms with Gasteiger partial charge in [-0.25, -0.2) is 8.42 Å². The first-order valence-corrected chi connectivity index (χ1v) is 13.6. The summed E-state index contributed by atoms with van der Waals surface area (Å²) in [7, 11) is -1.11. The number of sulfonamides is 1. The molecule has 35 heavy (non-hydrogen) atoms. The number of carbonyl (C=O) groups is 1. The Hall–Kier alpha value is -3.01. The van der Waals surface area contributed by atoms with Crippen molar-refractivity contribution in [3.63, 3.8) is 0 Å². The normalized spacial score (nSPS) is 12.3. The summed E-state index contributed by atoms with van der Waals surface area (Å²) in [5.74, 6) is 0.312. The minimum atomic E-state index is -4.03. The van der Waals surface area contributed by atoms with Crippen LogP contribution in [-0.4, -0.2) is 45.7 Å². The van der Waals surface area contributed by atoms with Gasteiger partial charge in [0.05, 0.1) is 31.7 Å². The van der Waals surface area contributed by atoms with Crippen LogP contribution in [0.25, 0.3) is 0 Å². The molecule has 0 aliphatic carbocycles. The molecule has 9 heteroatoms. The van der Waals surface area contributed by atoms with E-state index in [9.17, 15) is 13.2 Å². The fourth-order valence-electron chi connectivity index (χ4n) is 3.56. The van der Waals surface area contributed by atoms with E-state index in [1.165, 1.54) is 36.7 Å². The molecule has 0 heterocycles. The Kier molecular flexibility index (Phi) is 9.20. The highest BCUT2D eigenvalue weighted by Gasteiger charge is 2.28. The molecule has 0 aliphatic heterocycles. The molecule has 3 aromatic carbocycles. The van der Waals surface area contributed by atoms with E-state index < -0.39 is 15.9 Å². The molecule has 0 spiro atoms. The second-order valence-electron chi connectivity index (χ2n) is 7.84. The molecule has 0 bridgehead atoms. The second-order valence-corrected chi connectivity index (χ2v) is 10.7. The molecular weight excluding hydrogens is 484 g/mol. The zero-order chi connectivity index (χ0) is 25.4. The van der Waals surface area contributed by atoms with Crippen LogP contribution in [0.1, 0.15) is 24.1 Å². The summed E-state index contributed by atoms with van der Waals surface area (Å²) in [5, 5.41) is 2.92. The second kappa shape index (κ2) is 12.1. The number of nitrogens with one attached hydrogen (secondary N) is 1. The summed E-state index contributed by atoms with van der Waals surface area (Å²) in [5.41, 5.74) is 1.71. The van der Waals surface area contributed by atoms with E-state index in [4.69, 9.17) is 9.47 Å². The van der Waals surface area contributed by atoms with Crippen molar-refractivity contribution in [2.45, 2.75) is 29.3 Å². The lowest BCUT2D eigenvalue weighted by molar-refractivity contribution is -0.122. The number of amides is 1. The monoisotopic (exact) mass is 514 g/mol. The maximum Gasteiger partial charge on any atom is 0.243 e. The number of hydrogen-bond donors (Lipinski definition) is 1. The van der Waals surface area contributed by atoms with Gasteiger partial charge in [-0.3, -0.25) is 4.79 Å². The van der Waals surface area contributed by atoms with Crippen molar-refractivity contribution >= 4 is 27.7 Å². The Balaban J connectivity index is 1.85. The van der Waals surface area contributed by atoms with Crippen LogP contribution in [0.4, 0.5) is 0 Å². The molecule has 3 rings (SSSR count). The average Bonchev–Trinajstić information content (AvgIpc) is 2.88. The number of thioether (sulfide) groups is 1. The zero-order valence-electron chi connectivity index (χ0n) is 20.2. The lowest BCUT2D eigenvalue weighted by Gasteiger charge is -2.24. The summed E-state index contributed by atoms with van der Waals surface area (Å²) in [6.07, 6.45) is 2.00. The highest BCUT2D eigenvalue weighted by Crippen LogP contribution is 2.31. The molecule has 1 amide bonds. The van der Waals surface area contributed by atoms with E-state index in [1.807, 2.05) is 67.8 Å². The van der Waals surface area contributed by atoms with Crippen LogP contribution >= 0.6 is 11.8 Å². The van der Waals surface area contributed by atoms with Crippen LogP contribution in [-0.2, 0) is 21.4 Å². The molecule has 3 aromatic rings. The summed E-state index contributed by atoms with van der Waals surface area (Å²) < 4.78 is 38.9. The molecule has 0 unspecified atom stereocenters. The maximum atomic E-state index is 13.6. The Morgan fingerprint density at radius 1 is 0.971 bits per heavy atom. The summed E-state index contributed by atoms with van der Waals surface area (Å²) in [6.45, 7) is 1.58. The van der Waals surface area contributed by atoms with E-state index in [-0.39, 0.29) is 24.0 Å². The molecule has 1 N–H and O–H groups in total. The molecule has 0 radical (unpaired) electrons. The minimum absolute atomic E-state index is 0.0135. The minimum Gasteiger partial charge on any atom is -0.493 e. The molecular formula is C26H30N2O5S2. The quantitative estimate of drug-likeness (QED) is 0.380. The molecule has 0 fully saturated rings. The summed E-state index contributed by atoms with van der Waals surface area (Å²) in [6, 6.07) is 21.2. The molecule has 0 saturated carbocycles. The van der Waals surface area contributed by atoms with Gasteiger partial charge in [0, 0.05) is 17.5 Å². The number of rotatable bonds is 11. The fourth-order valence-corrected chi connectivity index (χ4v) is 5.37. The van der Waals surface area contributed by atoms with E-state index in [1.54, 1.807) is 11.8 Å². The van der Waals surface area contributed by atoms with Crippen LogP contribution in [0.2, 0.25) is 0 Å². The highest BCUT2D eigenvalue weighted by molar-refractivity contribution is 7.98. The predicted molar refractivity (Wildman–Crippen MR) is 138 cm³/mol. The largest absolute Gasteiger partial charge is 0.493 e. The number of nitrogens with zero attached hydrogens (tertiary/aromatic N) is 1. The van der Waals surface area contributed by atoms with Gasteiger partial charge in [0.25, 0.3) is 0 Å². The third-order valence-electron chi connectivity index (χ3n) is 5.51.